The molecule has 2 amide bonds. The summed E-state index contributed by atoms with van der Waals surface area (Å²) in [5, 5.41) is 0.762. The molecule has 2 heterocycles. The summed E-state index contributed by atoms with van der Waals surface area (Å²) in [4.78, 5) is 43.7. The molecular formula is C21H26N4O5S. The Morgan fingerprint density at radius 3 is 2.52 bits per heavy atom. The summed E-state index contributed by atoms with van der Waals surface area (Å²) < 4.78 is 10.7. The van der Waals surface area contributed by atoms with E-state index in [2.05, 4.69) is 20.7 Å². The second kappa shape index (κ2) is 10.9. The largest absolute Gasteiger partial charge is 0.494 e. The van der Waals surface area contributed by atoms with Crippen molar-refractivity contribution in [3.8, 4) is 5.75 Å². The molecule has 1 saturated heterocycles. The maximum absolute atomic E-state index is 12.4. The van der Waals surface area contributed by atoms with Crippen molar-refractivity contribution >= 4 is 34.1 Å². The molecule has 0 radical (unpaired) electrons. The van der Waals surface area contributed by atoms with E-state index in [-0.39, 0.29) is 18.6 Å². The number of morpholine rings is 1. The van der Waals surface area contributed by atoms with Gasteiger partial charge in [0.05, 0.1) is 25.5 Å². The summed E-state index contributed by atoms with van der Waals surface area (Å²) in [5.74, 6) is -0.337. The van der Waals surface area contributed by atoms with Gasteiger partial charge in [0.25, 0.3) is 5.91 Å². The molecule has 0 unspecified atom stereocenters. The Kier molecular flexibility index (Phi) is 7.96. The van der Waals surface area contributed by atoms with Crippen LogP contribution in [0.1, 0.15) is 45.5 Å². The molecule has 9 nitrogen and oxygen atoms in total. The summed E-state index contributed by atoms with van der Waals surface area (Å²) in [7, 11) is 0. The fraction of sp³-hybridized carbons (Fsp3) is 0.429. The van der Waals surface area contributed by atoms with Crippen LogP contribution in [0.4, 0.5) is 5.13 Å². The summed E-state index contributed by atoms with van der Waals surface area (Å²) >= 11 is 1.28. The molecule has 2 N–H and O–H groups in total. The Morgan fingerprint density at radius 2 is 1.84 bits per heavy atom. The second-order valence-corrected chi connectivity index (χ2v) is 7.87. The van der Waals surface area contributed by atoms with Gasteiger partial charge in [-0.25, -0.2) is 4.98 Å². The van der Waals surface area contributed by atoms with Crippen LogP contribution in [0.25, 0.3) is 0 Å². The Labute approximate surface area is 184 Å². The number of thiazole rings is 1. The number of amides is 2. The molecule has 1 aliphatic heterocycles. The highest BCUT2D eigenvalue weighted by atomic mass is 32.1. The molecule has 3 rings (SSSR count). The topological polar surface area (TPSA) is 110 Å². The summed E-state index contributed by atoms with van der Waals surface area (Å²) in [6.07, 6.45) is 0.00345. The Morgan fingerprint density at radius 1 is 1.13 bits per heavy atom. The van der Waals surface area contributed by atoms with E-state index < -0.39 is 11.8 Å². The smallest absolute Gasteiger partial charge is 0.281 e. The number of hydrazine groups is 1. The van der Waals surface area contributed by atoms with Crippen molar-refractivity contribution in [2.24, 2.45) is 0 Å². The molecule has 10 heteroatoms. The predicted molar refractivity (Wildman–Crippen MR) is 117 cm³/mol. The number of hydrogen-bond donors (Lipinski definition) is 2. The molecule has 1 aliphatic rings. The lowest BCUT2D eigenvalue weighted by molar-refractivity contribution is -0.121. The zero-order chi connectivity index (χ0) is 22.2. The Hall–Kier alpha value is -2.98. The SMILES string of the molecule is CCOc1ccc(C(=O)CCC(=O)NNC(=O)c2sc(N3CCOCC3)nc2C)cc1. The number of benzene rings is 1. The van der Waals surface area contributed by atoms with Gasteiger partial charge in [-0.3, -0.25) is 25.2 Å². The average Bonchev–Trinajstić information content (AvgIpc) is 3.19. The van der Waals surface area contributed by atoms with Gasteiger partial charge in [0.2, 0.25) is 5.91 Å². The van der Waals surface area contributed by atoms with Gasteiger partial charge in [0.15, 0.2) is 10.9 Å². The van der Waals surface area contributed by atoms with Gasteiger partial charge in [-0.15, -0.1) is 0 Å². The maximum atomic E-state index is 12.4. The van der Waals surface area contributed by atoms with E-state index in [1.54, 1.807) is 31.2 Å². The molecule has 0 atom stereocenters. The van der Waals surface area contributed by atoms with Crippen LogP contribution in [0.15, 0.2) is 24.3 Å². The zero-order valence-corrected chi connectivity index (χ0v) is 18.4. The maximum Gasteiger partial charge on any atom is 0.281 e. The van der Waals surface area contributed by atoms with Crippen LogP contribution >= 0.6 is 11.3 Å². The molecule has 1 aromatic heterocycles. The first-order chi connectivity index (χ1) is 15.0. The number of aryl methyl sites for hydroxylation is 1. The molecule has 0 saturated carbocycles. The molecule has 1 aromatic carbocycles. The van der Waals surface area contributed by atoms with E-state index in [0.717, 1.165) is 18.2 Å². The standard InChI is InChI=1S/C21H26N4O5S/c1-3-30-16-6-4-15(5-7-16)17(26)8-9-18(27)23-24-20(28)19-14(2)22-21(31-19)25-10-12-29-13-11-25/h4-7H,3,8-13H2,1-2H3,(H,23,27)(H,24,28). The number of carbonyl (C=O) groups excluding carboxylic acids is 3. The lowest BCUT2D eigenvalue weighted by Crippen LogP contribution is -2.41. The first kappa shape index (κ1) is 22.7. The van der Waals surface area contributed by atoms with Gasteiger partial charge in [0.1, 0.15) is 10.6 Å². The van der Waals surface area contributed by atoms with Gasteiger partial charge >= 0.3 is 0 Å². The van der Waals surface area contributed by atoms with E-state index in [4.69, 9.17) is 9.47 Å². The first-order valence-electron chi connectivity index (χ1n) is 10.1. The molecule has 2 aromatic rings. The molecule has 0 spiro atoms. The third kappa shape index (κ3) is 6.25. The van der Waals surface area contributed by atoms with Crippen LogP contribution in [-0.2, 0) is 9.53 Å². The highest BCUT2D eigenvalue weighted by Crippen LogP contribution is 2.26. The fourth-order valence-electron chi connectivity index (χ4n) is 3.00. The van der Waals surface area contributed by atoms with Crippen LogP contribution in [0.2, 0.25) is 0 Å². The van der Waals surface area contributed by atoms with Crippen molar-refractivity contribution in [3.05, 3.63) is 40.4 Å². The van der Waals surface area contributed by atoms with E-state index in [9.17, 15) is 14.4 Å². The van der Waals surface area contributed by atoms with Crippen LogP contribution in [0, 0.1) is 6.92 Å². The van der Waals surface area contributed by atoms with Crippen LogP contribution in [0.3, 0.4) is 0 Å². The summed E-state index contributed by atoms with van der Waals surface area (Å²) in [6, 6.07) is 6.79. The minimum absolute atomic E-state index is 0.0347. The number of Topliss-reactive ketones (excluding diaryl/α,β-unsaturated/α-hetero) is 1. The normalized spacial score (nSPS) is 13.5. The number of carbonyl (C=O) groups is 3. The molecule has 0 bridgehead atoms. The monoisotopic (exact) mass is 446 g/mol. The number of hydrogen-bond acceptors (Lipinski definition) is 8. The lowest BCUT2D eigenvalue weighted by Gasteiger charge is -2.25. The van der Waals surface area contributed by atoms with Crippen molar-refractivity contribution in [2.45, 2.75) is 26.7 Å². The van der Waals surface area contributed by atoms with Gasteiger partial charge in [-0.05, 0) is 38.1 Å². The highest BCUT2D eigenvalue weighted by Gasteiger charge is 2.21. The fourth-order valence-corrected chi connectivity index (χ4v) is 4.02. The van der Waals surface area contributed by atoms with Gasteiger partial charge in [0, 0.05) is 31.5 Å². The molecule has 1 fully saturated rings. The Bertz CT molecular complexity index is 922. The number of ketones is 1. The van der Waals surface area contributed by atoms with Crippen molar-refractivity contribution in [1.29, 1.82) is 0 Å². The lowest BCUT2D eigenvalue weighted by atomic mass is 10.1. The van der Waals surface area contributed by atoms with Crippen molar-refractivity contribution in [1.82, 2.24) is 15.8 Å². The predicted octanol–water partition coefficient (Wildman–Crippen LogP) is 2.11. The highest BCUT2D eigenvalue weighted by molar-refractivity contribution is 7.17. The number of nitrogens with zero attached hydrogens (tertiary/aromatic N) is 2. The average molecular weight is 447 g/mol. The number of nitrogens with one attached hydrogen (secondary N) is 2. The molecule has 31 heavy (non-hydrogen) atoms. The minimum atomic E-state index is -0.441. The molecule has 0 aliphatic carbocycles. The second-order valence-electron chi connectivity index (χ2n) is 6.89. The van der Waals surface area contributed by atoms with Crippen LogP contribution in [0.5, 0.6) is 5.75 Å². The Balaban J connectivity index is 1.45. The minimum Gasteiger partial charge on any atom is -0.494 e. The van der Waals surface area contributed by atoms with Gasteiger partial charge in [-0.1, -0.05) is 11.3 Å². The van der Waals surface area contributed by atoms with E-state index >= 15 is 0 Å². The summed E-state index contributed by atoms with van der Waals surface area (Å²) in [6.45, 7) is 6.91. The van der Waals surface area contributed by atoms with Crippen molar-refractivity contribution in [2.75, 3.05) is 37.8 Å². The van der Waals surface area contributed by atoms with Crippen molar-refractivity contribution in [3.63, 3.8) is 0 Å². The molecular weight excluding hydrogens is 420 g/mol. The molecule has 166 valence electrons. The third-order valence-electron chi connectivity index (χ3n) is 4.66. The zero-order valence-electron chi connectivity index (χ0n) is 17.6. The number of anilines is 1. The number of ether oxygens (including phenoxy) is 2. The van der Waals surface area contributed by atoms with E-state index in [1.165, 1.54) is 11.3 Å². The third-order valence-corrected chi connectivity index (χ3v) is 5.87. The first-order valence-corrected chi connectivity index (χ1v) is 10.9. The van der Waals surface area contributed by atoms with Crippen LogP contribution < -0.4 is 20.5 Å². The quantitative estimate of drug-likeness (QED) is 0.472. The number of aromatic nitrogens is 1. The van der Waals surface area contributed by atoms with E-state index in [1.807, 2.05) is 6.92 Å². The van der Waals surface area contributed by atoms with Crippen molar-refractivity contribution < 1.29 is 23.9 Å². The van der Waals surface area contributed by atoms with Gasteiger partial charge in [-0.2, -0.15) is 0 Å². The number of rotatable bonds is 8. The van der Waals surface area contributed by atoms with Crippen LogP contribution in [-0.4, -0.2) is 55.5 Å². The van der Waals surface area contributed by atoms with Gasteiger partial charge < -0.3 is 14.4 Å². The summed E-state index contributed by atoms with van der Waals surface area (Å²) in [5.41, 5.74) is 5.88. The van der Waals surface area contributed by atoms with E-state index in [0.29, 0.717) is 41.7 Å².